The predicted molar refractivity (Wildman–Crippen MR) is 116 cm³/mol. The van der Waals surface area contributed by atoms with Gasteiger partial charge in [0.2, 0.25) is 0 Å². The highest BCUT2D eigenvalue weighted by Gasteiger charge is 2.30. The van der Waals surface area contributed by atoms with E-state index >= 15 is 0 Å². The largest absolute Gasteiger partial charge is 0.473 e. The maximum absolute atomic E-state index is 12.8. The number of hydrogen-bond donors (Lipinski definition) is 2. The maximum Gasteiger partial charge on any atom is 0.416 e. The van der Waals surface area contributed by atoms with Crippen molar-refractivity contribution in [3.05, 3.63) is 70.8 Å². The van der Waals surface area contributed by atoms with Crippen LogP contribution in [0.25, 0.3) is 0 Å². The molecule has 0 atom stereocenters. The number of aliphatic carboxylic acids is 2. The summed E-state index contributed by atoms with van der Waals surface area (Å²) >= 11 is 0. The average molecular weight is 478 g/mol. The number of likely N-dealkylation sites (tertiary alicyclic amines) is 1. The molecule has 2 N–H and O–H groups in total. The van der Waals surface area contributed by atoms with Crippen molar-refractivity contribution in [2.75, 3.05) is 19.7 Å². The minimum atomic E-state index is -4.30. The van der Waals surface area contributed by atoms with Crippen molar-refractivity contribution >= 4 is 11.9 Å². The van der Waals surface area contributed by atoms with Crippen LogP contribution in [0, 0.1) is 17.2 Å². The lowest BCUT2D eigenvalue weighted by Crippen LogP contribution is -2.34. The molecule has 10 heteroatoms. The number of nitriles is 1. The second kappa shape index (κ2) is 12.7. The predicted octanol–water partition coefficient (Wildman–Crippen LogP) is 4.16. The van der Waals surface area contributed by atoms with E-state index in [-0.39, 0.29) is 0 Å². The van der Waals surface area contributed by atoms with Crippen LogP contribution in [0.5, 0.6) is 0 Å². The van der Waals surface area contributed by atoms with Gasteiger partial charge >= 0.3 is 18.1 Å². The van der Waals surface area contributed by atoms with Crippen LogP contribution in [0.3, 0.4) is 0 Å². The normalized spacial score (nSPS) is 14.5. The molecule has 0 aromatic heterocycles. The number of piperidine rings is 1. The van der Waals surface area contributed by atoms with Gasteiger partial charge in [-0.25, -0.2) is 9.59 Å². The molecule has 1 fully saturated rings. The average Bonchev–Trinajstić information content (AvgIpc) is 2.81. The SMILES string of the molecule is N#Cc1ccc(COCC2CCN(Cc3cccc(C(F)(F)F)c3)CC2)cc1.O=C(O)C(=O)O. The summed E-state index contributed by atoms with van der Waals surface area (Å²) in [4.78, 5) is 20.4. The first kappa shape index (κ1) is 26.8. The van der Waals surface area contributed by atoms with Crippen molar-refractivity contribution in [3.8, 4) is 6.07 Å². The van der Waals surface area contributed by atoms with E-state index in [1.165, 1.54) is 12.1 Å². The van der Waals surface area contributed by atoms with Gasteiger partial charge in [-0.05, 0) is 61.2 Å². The molecule has 1 saturated heterocycles. The van der Waals surface area contributed by atoms with Crippen molar-refractivity contribution in [1.29, 1.82) is 5.26 Å². The standard InChI is InChI=1S/C22H23F3N2O.C2H2O4/c23-22(24,25)21-3-1-2-20(12-21)14-27-10-8-19(9-11-27)16-28-15-18-6-4-17(13-26)5-7-18;3-1(4)2(5)6/h1-7,12,19H,8-11,14-16H2;(H,3,4)(H,5,6). The Morgan fingerprint density at radius 2 is 1.65 bits per heavy atom. The summed E-state index contributed by atoms with van der Waals surface area (Å²) in [6, 6.07) is 15.0. The van der Waals surface area contributed by atoms with Crippen LogP contribution < -0.4 is 0 Å². The zero-order valence-electron chi connectivity index (χ0n) is 18.3. The molecule has 34 heavy (non-hydrogen) atoms. The minimum Gasteiger partial charge on any atom is -0.473 e. The Balaban J connectivity index is 0.000000604. The van der Waals surface area contributed by atoms with E-state index in [9.17, 15) is 13.2 Å². The second-order valence-corrected chi connectivity index (χ2v) is 7.85. The lowest BCUT2D eigenvalue weighted by molar-refractivity contribution is -0.159. The molecule has 0 bridgehead atoms. The van der Waals surface area contributed by atoms with Gasteiger partial charge in [-0.1, -0.05) is 30.3 Å². The summed E-state index contributed by atoms with van der Waals surface area (Å²) in [6.07, 6.45) is -2.34. The van der Waals surface area contributed by atoms with E-state index < -0.39 is 23.7 Å². The Morgan fingerprint density at radius 3 is 2.18 bits per heavy atom. The van der Waals surface area contributed by atoms with Gasteiger partial charge < -0.3 is 14.9 Å². The fourth-order valence-corrected chi connectivity index (χ4v) is 3.43. The number of carboxylic acid groups (broad SMARTS) is 2. The molecule has 0 radical (unpaired) electrons. The number of hydrogen-bond acceptors (Lipinski definition) is 5. The second-order valence-electron chi connectivity index (χ2n) is 7.85. The summed E-state index contributed by atoms with van der Waals surface area (Å²) in [5.74, 6) is -3.18. The molecule has 3 rings (SSSR count). The lowest BCUT2D eigenvalue weighted by atomic mass is 9.97. The molecule has 0 unspecified atom stereocenters. The highest BCUT2D eigenvalue weighted by molar-refractivity contribution is 6.27. The van der Waals surface area contributed by atoms with Gasteiger partial charge in [0.05, 0.1) is 23.8 Å². The first-order chi connectivity index (χ1) is 16.1. The van der Waals surface area contributed by atoms with E-state index in [0.29, 0.717) is 36.8 Å². The summed E-state index contributed by atoms with van der Waals surface area (Å²) in [5.41, 5.74) is 1.79. The van der Waals surface area contributed by atoms with E-state index in [2.05, 4.69) is 11.0 Å². The highest BCUT2D eigenvalue weighted by Crippen LogP contribution is 2.30. The van der Waals surface area contributed by atoms with Gasteiger partial charge in [0.15, 0.2) is 0 Å². The van der Waals surface area contributed by atoms with Crippen LogP contribution in [0.2, 0.25) is 0 Å². The Kier molecular flexibility index (Phi) is 10.0. The van der Waals surface area contributed by atoms with Crippen molar-refractivity contribution in [2.45, 2.75) is 32.2 Å². The van der Waals surface area contributed by atoms with E-state index in [4.69, 9.17) is 29.8 Å². The van der Waals surface area contributed by atoms with Crippen molar-refractivity contribution in [2.24, 2.45) is 5.92 Å². The van der Waals surface area contributed by atoms with Gasteiger partial charge in [0, 0.05) is 13.2 Å². The molecule has 0 spiro atoms. The van der Waals surface area contributed by atoms with Crippen LogP contribution in [0.15, 0.2) is 48.5 Å². The number of carbonyl (C=O) groups is 2. The molecule has 1 aliphatic heterocycles. The van der Waals surface area contributed by atoms with E-state index in [1.807, 2.05) is 12.1 Å². The number of ether oxygens (including phenoxy) is 1. The number of carboxylic acids is 2. The molecule has 0 saturated carbocycles. The topological polar surface area (TPSA) is 111 Å². The first-order valence-electron chi connectivity index (χ1n) is 10.5. The van der Waals surface area contributed by atoms with Crippen LogP contribution >= 0.6 is 0 Å². The third kappa shape index (κ3) is 9.21. The first-order valence-corrected chi connectivity index (χ1v) is 10.5. The number of rotatable bonds is 6. The molecule has 2 aromatic carbocycles. The molecule has 2 aromatic rings. The van der Waals surface area contributed by atoms with Gasteiger partial charge in [-0.2, -0.15) is 18.4 Å². The molecular formula is C24H25F3N2O5. The smallest absolute Gasteiger partial charge is 0.416 e. The van der Waals surface area contributed by atoms with E-state index in [1.54, 1.807) is 18.2 Å². The number of nitrogens with zero attached hydrogens (tertiary/aromatic N) is 2. The molecule has 1 aliphatic rings. The minimum absolute atomic E-state index is 0.469. The Hall–Kier alpha value is -3.42. The Bertz CT molecular complexity index is 983. The zero-order valence-corrected chi connectivity index (χ0v) is 18.3. The summed E-state index contributed by atoms with van der Waals surface area (Å²) in [5, 5.41) is 23.6. The molecule has 1 heterocycles. The van der Waals surface area contributed by atoms with Gasteiger partial charge in [0.25, 0.3) is 0 Å². The number of benzene rings is 2. The van der Waals surface area contributed by atoms with Crippen molar-refractivity contribution < 1.29 is 37.7 Å². The highest BCUT2D eigenvalue weighted by atomic mass is 19.4. The van der Waals surface area contributed by atoms with Crippen LogP contribution in [0.4, 0.5) is 13.2 Å². The third-order valence-corrected chi connectivity index (χ3v) is 5.26. The Labute approximate surface area is 195 Å². The molecule has 0 aliphatic carbocycles. The summed E-state index contributed by atoms with van der Waals surface area (Å²) < 4.78 is 44.3. The van der Waals surface area contributed by atoms with Crippen molar-refractivity contribution in [1.82, 2.24) is 4.90 Å². The van der Waals surface area contributed by atoms with Gasteiger partial charge in [-0.3, -0.25) is 4.90 Å². The lowest BCUT2D eigenvalue weighted by Gasteiger charge is -2.32. The molecular weight excluding hydrogens is 453 g/mol. The Morgan fingerprint density at radius 1 is 1.03 bits per heavy atom. The number of halogens is 3. The fourth-order valence-electron chi connectivity index (χ4n) is 3.43. The summed E-state index contributed by atoms with van der Waals surface area (Å²) in [6.45, 7) is 3.47. The van der Waals surface area contributed by atoms with Crippen LogP contribution in [0.1, 0.15) is 35.1 Å². The maximum atomic E-state index is 12.8. The van der Waals surface area contributed by atoms with Gasteiger partial charge in [0.1, 0.15) is 0 Å². The van der Waals surface area contributed by atoms with Gasteiger partial charge in [-0.15, -0.1) is 0 Å². The zero-order chi connectivity index (χ0) is 25.1. The van der Waals surface area contributed by atoms with Crippen LogP contribution in [-0.4, -0.2) is 46.7 Å². The molecule has 182 valence electrons. The summed E-state index contributed by atoms with van der Waals surface area (Å²) in [7, 11) is 0. The van der Waals surface area contributed by atoms with Crippen molar-refractivity contribution in [3.63, 3.8) is 0 Å². The fraction of sp³-hybridized carbons (Fsp3) is 0.375. The monoisotopic (exact) mass is 478 g/mol. The van der Waals surface area contributed by atoms with Crippen LogP contribution in [-0.2, 0) is 33.7 Å². The number of alkyl halides is 3. The molecule has 7 nitrogen and oxygen atoms in total. The van der Waals surface area contributed by atoms with E-state index in [0.717, 1.165) is 37.6 Å². The molecule has 0 amide bonds. The third-order valence-electron chi connectivity index (χ3n) is 5.26. The quantitative estimate of drug-likeness (QED) is 0.600.